The number of anilines is 1. The smallest absolute Gasteiger partial charge is 0.336 e. The molecule has 0 bridgehead atoms. The van der Waals surface area contributed by atoms with E-state index in [0.29, 0.717) is 22.5 Å². The van der Waals surface area contributed by atoms with Crippen LogP contribution in [0.5, 0.6) is 0 Å². The predicted octanol–water partition coefficient (Wildman–Crippen LogP) is 5.73. The largest absolute Gasteiger partial charge is 0.478 e. The minimum Gasteiger partial charge on any atom is -0.478 e. The van der Waals surface area contributed by atoms with Gasteiger partial charge in [-0.15, -0.1) is 0 Å². The highest BCUT2D eigenvalue weighted by Gasteiger charge is 2.26. The highest BCUT2D eigenvalue weighted by molar-refractivity contribution is 5.97. The Morgan fingerprint density at radius 3 is 2.26 bits per heavy atom. The molecule has 0 fully saturated rings. The van der Waals surface area contributed by atoms with Gasteiger partial charge in [0.25, 0.3) is 0 Å². The van der Waals surface area contributed by atoms with Crippen LogP contribution in [-0.4, -0.2) is 30.6 Å². The Kier molecular flexibility index (Phi) is 7.75. The number of carbonyl (C=O) groups is 1. The second kappa shape index (κ2) is 10.1. The quantitative estimate of drug-likeness (QED) is 0.401. The topological polar surface area (TPSA) is 131 Å². The van der Waals surface area contributed by atoms with Crippen molar-refractivity contribution in [2.75, 3.05) is 5.73 Å². The van der Waals surface area contributed by atoms with Crippen molar-refractivity contribution in [1.82, 2.24) is 19.5 Å². The van der Waals surface area contributed by atoms with E-state index in [1.54, 1.807) is 18.5 Å². The summed E-state index contributed by atoms with van der Waals surface area (Å²) in [5.41, 5.74) is 9.24. The number of benzene rings is 2. The van der Waals surface area contributed by atoms with E-state index in [2.05, 4.69) is 16.0 Å². The average Bonchev–Trinajstić information content (AvgIpc) is 3.19. The molecule has 2 heterocycles. The van der Waals surface area contributed by atoms with E-state index in [4.69, 9.17) is 10.7 Å². The number of carboxylic acid groups (broad SMARTS) is 1. The molecular weight excluding hydrogens is 428 g/mol. The molecule has 4 aromatic rings. The number of rotatable bonds is 3. The Morgan fingerprint density at radius 2 is 1.71 bits per heavy atom. The van der Waals surface area contributed by atoms with Gasteiger partial charge in [0, 0.05) is 29.1 Å². The van der Waals surface area contributed by atoms with Crippen molar-refractivity contribution >= 4 is 23.0 Å². The second-order valence-corrected chi connectivity index (χ2v) is 8.15. The molecule has 0 aliphatic heterocycles. The highest BCUT2D eigenvalue weighted by Crippen LogP contribution is 2.35. The van der Waals surface area contributed by atoms with Crippen molar-refractivity contribution in [3.8, 4) is 28.6 Å². The molecule has 0 atom stereocenters. The van der Waals surface area contributed by atoms with E-state index in [-0.39, 0.29) is 18.9 Å². The first kappa shape index (κ1) is 26.0. The van der Waals surface area contributed by atoms with Crippen molar-refractivity contribution < 1.29 is 9.90 Å². The van der Waals surface area contributed by atoms with Crippen LogP contribution in [0, 0.1) is 11.3 Å². The minimum absolute atomic E-state index is 0. The molecule has 8 nitrogen and oxygen atoms in total. The molecule has 4 rings (SSSR count). The number of aromatic carboxylic acids is 1. The highest BCUT2D eigenvalue weighted by atomic mass is 16.4. The van der Waals surface area contributed by atoms with Gasteiger partial charge in [0.05, 0.1) is 28.2 Å². The van der Waals surface area contributed by atoms with Gasteiger partial charge in [-0.3, -0.25) is 0 Å². The van der Waals surface area contributed by atoms with Crippen LogP contribution in [0.25, 0.3) is 33.5 Å². The summed E-state index contributed by atoms with van der Waals surface area (Å²) >= 11 is 0. The van der Waals surface area contributed by atoms with Gasteiger partial charge >= 0.3 is 5.97 Å². The SMILES string of the molecule is C.CC.CC(C)(C)n1c(-c2cc(C#N)ccc2C(=O)O)nc2cc(-c3cnc(N)nc3)ccc21. The number of nitrogen functional groups attached to an aromatic ring is 1. The molecule has 8 heteroatoms. The fourth-order valence-electron chi connectivity index (χ4n) is 3.59. The van der Waals surface area contributed by atoms with Gasteiger partial charge in [0.2, 0.25) is 5.95 Å². The van der Waals surface area contributed by atoms with Gasteiger partial charge in [-0.2, -0.15) is 5.26 Å². The van der Waals surface area contributed by atoms with E-state index >= 15 is 0 Å². The first-order valence-corrected chi connectivity index (χ1v) is 10.6. The molecule has 176 valence electrons. The fourth-order valence-corrected chi connectivity index (χ4v) is 3.59. The van der Waals surface area contributed by atoms with E-state index in [9.17, 15) is 15.2 Å². The van der Waals surface area contributed by atoms with Gasteiger partial charge in [-0.1, -0.05) is 27.3 Å². The van der Waals surface area contributed by atoms with Crippen LogP contribution in [0.15, 0.2) is 48.8 Å². The predicted molar refractivity (Wildman–Crippen MR) is 135 cm³/mol. The lowest BCUT2D eigenvalue weighted by molar-refractivity contribution is 0.0697. The van der Waals surface area contributed by atoms with Gasteiger partial charge < -0.3 is 15.4 Å². The van der Waals surface area contributed by atoms with Crippen LogP contribution < -0.4 is 5.73 Å². The normalized spacial score (nSPS) is 10.6. The molecule has 0 saturated heterocycles. The summed E-state index contributed by atoms with van der Waals surface area (Å²) in [4.78, 5) is 24.8. The molecule has 0 saturated carbocycles. The second-order valence-electron chi connectivity index (χ2n) is 8.15. The lowest BCUT2D eigenvalue weighted by atomic mass is 10.0. The molecule has 34 heavy (non-hydrogen) atoms. The molecule has 0 unspecified atom stereocenters. The van der Waals surface area contributed by atoms with E-state index in [0.717, 1.165) is 16.6 Å². The molecule has 0 spiro atoms. The monoisotopic (exact) mass is 458 g/mol. The molecule has 2 aromatic carbocycles. The van der Waals surface area contributed by atoms with Gasteiger partial charge in [-0.25, -0.2) is 19.7 Å². The minimum atomic E-state index is -1.08. The van der Waals surface area contributed by atoms with Crippen molar-refractivity contribution in [3.63, 3.8) is 0 Å². The Balaban J connectivity index is 0.00000133. The van der Waals surface area contributed by atoms with Crippen LogP contribution in [0.4, 0.5) is 5.95 Å². The number of fused-ring (bicyclic) bond motifs is 1. The third-order valence-electron chi connectivity index (χ3n) is 4.95. The zero-order valence-corrected chi connectivity index (χ0v) is 19.3. The Labute approximate surface area is 199 Å². The fraction of sp³-hybridized carbons (Fsp3) is 0.269. The molecule has 0 amide bonds. The zero-order valence-electron chi connectivity index (χ0n) is 19.3. The van der Waals surface area contributed by atoms with E-state index in [1.807, 2.05) is 57.4 Å². The maximum Gasteiger partial charge on any atom is 0.336 e. The summed E-state index contributed by atoms with van der Waals surface area (Å²) in [6, 6.07) is 12.4. The summed E-state index contributed by atoms with van der Waals surface area (Å²) < 4.78 is 1.99. The first-order chi connectivity index (χ1) is 15.7. The lowest BCUT2D eigenvalue weighted by Crippen LogP contribution is -2.23. The maximum absolute atomic E-state index is 11.9. The Morgan fingerprint density at radius 1 is 1.06 bits per heavy atom. The van der Waals surface area contributed by atoms with Crippen molar-refractivity contribution in [2.24, 2.45) is 0 Å². The maximum atomic E-state index is 11.9. The van der Waals surface area contributed by atoms with Crippen LogP contribution in [0.2, 0.25) is 0 Å². The molecular formula is C26H30N6O2. The number of nitrogens with zero attached hydrogens (tertiary/aromatic N) is 5. The molecule has 0 radical (unpaired) electrons. The average molecular weight is 459 g/mol. The third-order valence-corrected chi connectivity index (χ3v) is 4.95. The Hall–Kier alpha value is -4.25. The summed E-state index contributed by atoms with van der Waals surface area (Å²) in [6.07, 6.45) is 3.29. The van der Waals surface area contributed by atoms with Crippen molar-refractivity contribution in [1.29, 1.82) is 5.26 Å². The summed E-state index contributed by atoms with van der Waals surface area (Å²) in [6.45, 7) is 10.1. The number of carboxylic acids is 1. The number of aromatic nitrogens is 4. The first-order valence-electron chi connectivity index (χ1n) is 10.6. The lowest BCUT2D eigenvalue weighted by Gasteiger charge is -2.25. The van der Waals surface area contributed by atoms with Crippen molar-refractivity contribution in [3.05, 3.63) is 59.9 Å². The van der Waals surface area contributed by atoms with Crippen LogP contribution in [0.1, 0.15) is 58.0 Å². The van der Waals surface area contributed by atoms with Crippen LogP contribution >= 0.6 is 0 Å². The van der Waals surface area contributed by atoms with Gasteiger partial charge in [0.15, 0.2) is 0 Å². The number of hydrogen-bond donors (Lipinski definition) is 2. The number of hydrogen-bond acceptors (Lipinski definition) is 6. The molecule has 0 aliphatic carbocycles. The number of nitrogens with two attached hydrogens (primary N) is 1. The van der Waals surface area contributed by atoms with Crippen LogP contribution in [-0.2, 0) is 5.54 Å². The summed E-state index contributed by atoms with van der Waals surface area (Å²) in [7, 11) is 0. The molecule has 0 aliphatic rings. The molecule has 3 N–H and O–H groups in total. The van der Waals surface area contributed by atoms with Crippen LogP contribution in [0.3, 0.4) is 0 Å². The standard InChI is InChI=1S/C23H20N6O2.C2H6.CH4/c1-23(2,3)29-19-7-5-14(15-11-26-22(25)27-12-15)9-18(19)28-20(29)17-8-13(10-24)4-6-16(17)21(30)31;1-2;/h4-9,11-12H,1-3H3,(H,30,31)(H2,25,26,27);1-2H3;1H4. The summed E-state index contributed by atoms with van der Waals surface area (Å²) in [5, 5.41) is 19.1. The molecule has 2 aromatic heterocycles. The third kappa shape index (κ3) is 4.89. The van der Waals surface area contributed by atoms with Crippen molar-refractivity contribution in [2.45, 2.75) is 47.6 Å². The number of nitriles is 1. The Bertz CT molecular complexity index is 1360. The zero-order chi connectivity index (χ0) is 24.3. The van der Waals surface area contributed by atoms with E-state index in [1.165, 1.54) is 12.1 Å². The number of imidazole rings is 1. The van der Waals surface area contributed by atoms with E-state index < -0.39 is 11.5 Å². The van der Waals surface area contributed by atoms with Gasteiger partial charge in [0.1, 0.15) is 5.82 Å². The van der Waals surface area contributed by atoms with Gasteiger partial charge in [-0.05, 0) is 56.7 Å². The summed E-state index contributed by atoms with van der Waals surface area (Å²) in [5.74, 6) is -0.392.